The zero-order valence-corrected chi connectivity index (χ0v) is 9.49. The molecule has 0 N–H and O–H groups in total. The molecule has 0 saturated heterocycles. The summed E-state index contributed by atoms with van der Waals surface area (Å²) in [5.41, 5.74) is 0.556. The van der Waals surface area contributed by atoms with Crippen molar-refractivity contribution in [3.05, 3.63) is 23.9 Å². The van der Waals surface area contributed by atoms with E-state index in [-0.39, 0.29) is 11.9 Å². The lowest BCUT2D eigenvalue weighted by atomic mass is 10.2. The van der Waals surface area contributed by atoms with Crippen LogP contribution in [0.15, 0.2) is 18.3 Å². The monoisotopic (exact) mass is 207 g/mol. The van der Waals surface area contributed by atoms with Crippen LogP contribution in [0.2, 0.25) is 0 Å². The lowest BCUT2D eigenvalue weighted by Gasteiger charge is -2.14. The number of carbonyl (C=O) groups excluding carboxylic acids is 1. The van der Waals surface area contributed by atoms with Gasteiger partial charge in [-0.15, -0.1) is 0 Å². The molecule has 1 aromatic heterocycles. The van der Waals surface area contributed by atoms with Crippen LogP contribution >= 0.6 is 0 Å². The minimum Gasteiger partial charge on any atom is -0.474 e. The molecule has 0 aliphatic heterocycles. The van der Waals surface area contributed by atoms with E-state index in [0.29, 0.717) is 11.4 Å². The van der Waals surface area contributed by atoms with E-state index in [1.165, 1.54) is 6.92 Å². The maximum Gasteiger partial charge on any atom is 0.224 e. The number of ketones is 1. The molecule has 0 aliphatic carbocycles. The van der Waals surface area contributed by atoms with Crippen LogP contribution in [0.4, 0.5) is 0 Å². The van der Waals surface area contributed by atoms with E-state index in [2.05, 4.69) is 11.9 Å². The Morgan fingerprint density at radius 3 is 2.93 bits per heavy atom. The molecule has 1 aromatic rings. The van der Waals surface area contributed by atoms with Crippen molar-refractivity contribution < 1.29 is 9.53 Å². The van der Waals surface area contributed by atoms with Gasteiger partial charge in [0, 0.05) is 6.20 Å². The van der Waals surface area contributed by atoms with Gasteiger partial charge in [-0.25, -0.2) is 4.98 Å². The van der Waals surface area contributed by atoms with E-state index in [9.17, 15) is 4.79 Å². The second kappa shape index (κ2) is 5.49. The molecule has 0 aromatic carbocycles. The lowest BCUT2D eigenvalue weighted by molar-refractivity contribution is 0.100. The Kier molecular flexibility index (Phi) is 4.28. The Morgan fingerprint density at radius 1 is 1.60 bits per heavy atom. The highest BCUT2D eigenvalue weighted by Gasteiger charge is 2.11. The zero-order valence-electron chi connectivity index (χ0n) is 9.49. The Bertz CT molecular complexity index is 336. The van der Waals surface area contributed by atoms with Crippen molar-refractivity contribution in [3.8, 4) is 5.88 Å². The first kappa shape index (κ1) is 11.7. The third kappa shape index (κ3) is 3.35. The molecule has 0 fully saturated rings. The fourth-order valence-corrected chi connectivity index (χ4v) is 1.41. The molecule has 0 bridgehead atoms. The van der Waals surface area contributed by atoms with Gasteiger partial charge in [-0.05, 0) is 32.4 Å². The molecule has 0 spiro atoms. The molecule has 1 heterocycles. The van der Waals surface area contributed by atoms with Crippen molar-refractivity contribution in [2.24, 2.45) is 0 Å². The number of hydrogen-bond donors (Lipinski definition) is 0. The minimum absolute atomic E-state index is 0.0122. The normalized spacial score (nSPS) is 12.2. The summed E-state index contributed by atoms with van der Waals surface area (Å²) in [7, 11) is 0. The maximum absolute atomic E-state index is 11.3. The molecule has 1 atom stereocenters. The highest BCUT2D eigenvalue weighted by atomic mass is 16.5. The van der Waals surface area contributed by atoms with Gasteiger partial charge in [0.05, 0.1) is 11.7 Å². The van der Waals surface area contributed by atoms with Crippen LogP contribution in [0.25, 0.3) is 0 Å². The molecule has 1 rings (SSSR count). The van der Waals surface area contributed by atoms with Crippen molar-refractivity contribution in [2.45, 2.75) is 39.7 Å². The number of nitrogens with zero attached hydrogens (tertiary/aromatic N) is 1. The lowest BCUT2D eigenvalue weighted by Crippen LogP contribution is -2.14. The average Bonchev–Trinajstić information content (AvgIpc) is 2.18. The first-order chi connectivity index (χ1) is 7.15. The third-order valence-electron chi connectivity index (χ3n) is 2.16. The van der Waals surface area contributed by atoms with Gasteiger partial charge in [-0.2, -0.15) is 0 Å². The predicted molar refractivity (Wildman–Crippen MR) is 59.2 cm³/mol. The highest BCUT2D eigenvalue weighted by Crippen LogP contribution is 2.17. The predicted octanol–water partition coefficient (Wildman–Crippen LogP) is 2.85. The SMILES string of the molecule is CCCC(C)Oc1ncccc1C(C)=O. The minimum atomic E-state index is -0.0122. The number of aromatic nitrogens is 1. The summed E-state index contributed by atoms with van der Waals surface area (Å²) < 4.78 is 5.62. The number of pyridine rings is 1. The van der Waals surface area contributed by atoms with Gasteiger partial charge < -0.3 is 4.74 Å². The van der Waals surface area contributed by atoms with E-state index in [1.54, 1.807) is 18.3 Å². The van der Waals surface area contributed by atoms with Gasteiger partial charge in [0.15, 0.2) is 5.78 Å². The van der Waals surface area contributed by atoms with Crippen LogP contribution < -0.4 is 4.74 Å². The Morgan fingerprint density at radius 2 is 2.33 bits per heavy atom. The molecule has 15 heavy (non-hydrogen) atoms. The van der Waals surface area contributed by atoms with Crippen molar-refractivity contribution >= 4 is 5.78 Å². The van der Waals surface area contributed by atoms with E-state index in [0.717, 1.165) is 12.8 Å². The Hall–Kier alpha value is -1.38. The van der Waals surface area contributed by atoms with E-state index < -0.39 is 0 Å². The van der Waals surface area contributed by atoms with Crippen LogP contribution in [0.3, 0.4) is 0 Å². The number of ether oxygens (including phenoxy) is 1. The van der Waals surface area contributed by atoms with Crippen LogP contribution in [0, 0.1) is 0 Å². The summed E-state index contributed by atoms with van der Waals surface area (Å²) in [4.78, 5) is 15.4. The molecular formula is C12H17NO2. The summed E-state index contributed by atoms with van der Waals surface area (Å²) in [6, 6.07) is 3.48. The standard InChI is InChI=1S/C12H17NO2/c1-4-6-9(2)15-12-11(10(3)14)7-5-8-13-12/h5,7-9H,4,6H2,1-3H3. The summed E-state index contributed by atoms with van der Waals surface area (Å²) >= 11 is 0. The first-order valence-electron chi connectivity index (χ1n) is 5.27. The fraction of sp³-hybridized carbons (Fsp3) is 0.500. The number of hydrogen-bond acceptors (Lipinski definition) is 3. The summed E-state index contributed by atoms with van der Waals surface area (Å²) in [6.45, 7) is 5.61. The Balaban J connectivity index is 2.79. The third-order valence-corrected chi connectivity index (χ3v) is 2.16. The molecular weight excluding hydrogens is 190 g/mol. The topological polar surface area (TPSA) is 39.2 Å². The van der Waals surface area contributed by atoms with Gasteiger partial charge in [0.2, 0.25) is 5.88 Å². The second-order valence-corrected chi connectivity index (χ2v) is 3.63. The van der Waals surface area contributed by atoms with Crippen LogP contribution in [0.1, 0.15) is 44.0 Å². The summed E-state index contributed by atoms with van der Waals surface area (Å²) in [5.74, 6) is 0.438. The molecule has 0 saturated carbocycles. The Labute approximate surface area is 90.5 Å². The average molecular weight is 207 g/mol. The molecule has 3 heteroatoms. The number of Topliss-reactive ketones (excluding diaryl/α,β-unsaturated/α-hetero) is 1. The molecule has 0 aliphatic rings. The van der Waals surface area contributed by atoms with Gasteiger partial charge in [0.25, 0.3) is 0 Å². The summed E-state index contributed by atoms with van der Waals surface area (Å²) in [6.07, 6.45) is 3.76. The summed E-state index contributed by atoms with van der Waals surface area (Å²) in [5, 5.41) is 0. The smallest absolute Gasteiger partial charge is 0.224 e. The van der Waals surface area contributed by atoms with Crippen molar-refractivity contribution in [1.82, 2.24) is 4.98 Å². The fourth-order valence-electron chi connectivity index (χ4n) is 1.41. The molecule has 82 valence electrons. The van der Waals surface area contributed by atoms with Gasteiger partial charge in [-0.3, -0.25) is 4.79 Å². The molecule has 1 unspecified atom stereocenters. The first-order valence-corrected chi connectivity index (χ1v) is 5.27. The van der Waals surface area contributed by atoms with Crippen molar-refractivity contribution in [3.63, 3.8) is 0 Å². The van der Waals surface area contributed by atoms with E-state index in [1.807, 2.05) is 6.92 Å². The maximum atomic E-state index is 11.3. The van der Waals surface area contributed by atoms with Crippen LogP contribution in [-0.2, 0) is 0 Å². The van der Waals surface area contributed by atoms with E-state index >= 15 is 0 Å². The highest BCUT2D eigenvalue weighted by molar-refractivity contribution is 5.96. The number of carbonyl (C=O) groups is 1. The van der Waals surface area contributed by atoms with Gasteiger partial charge >= 0.3 is 0 Å². The van der Waals surface area contributed by atoms with Crippen molar-refractivity contribution in [2.75, 3.05) is 0 Å². The second-order valence-electron chi connectivity index (χ2n) is 3.63. The van der Waals surface area contributed by atoms with Gasteiger partial charge in [-0.1, -0.05) is 13.3 Å². The van der Waals surface area contributed by atoms with Crippen LogP contribution in [-0.4, -0.2) is 16.9 Å². The zero-order chi connectivity index (χ0) is 11.3. The van der Waals surface area contributed by atoms with Crippen molar-refractivity contribution in [1.29, 1.82) is 0 Å². The van der Waals surface area contributed by atoms with Gasteiger partial charge in [0.1, 0.15) is 0 Å². The largest absolute Gasteiger partial charge is 0.474 e. The molecule has 0 radical (unpaired) electrons. The number of rotatable bonds is 5. The van der Waals surface area contributed by atoms with E-state index in [4.69, 9.17) is 4.74 Å². The quantitative estimate of drug-likeness (QED) is 0.697. The molecule has 0 amide bonds. The van der Waals surface area contributed by atoms with Crippen LogP contribution in [0.5, 0.6) is 5.88 Å². The molecule has 3 nitrogen and oxygen atoms in total.